The third-order valence-electron chi connectivity index (χ3n) is 2.86. The van der Waals surface area contributed by atoms with Gasteiger partial charge in [0.05, 0.1) is 18.8 Å². The molecule has 1 amide bonds. The fraction of sp³-hybridized carbons (Fsp3) is 0.417. The summed E-state index contributed by atoms with van der Waals surface area (Å²) in [7, 11) is 1.60. The normalized spacial score (nSPS) is 19.5. The zero-order valence-electron chi connectivity index (χ0n) is 9.52. The Morgan fingerprint density at radius 3 is 2.88 bits per heavy atom. The first-order chi connectivity index (χ1) is 8.11. The Morgan fingerprint density at radius 1 is 1.59 bits per heavy atom. The van der Waals surface area contributed by atoms with Gasteiger partial charge in [0.15, 0.2) is 0 Å². The molecule has 1 saturated heterocycles. The average molecular weight is 347 g/mol. The van der Waals surface area contributed by atoms with Gasteiger partial charge in [-0.2, -0.15) is 0 Å². The number of amides is 1. The molecule has 0 unspecified atom stereocenters. The van der Waals surface area contributed by atoms with E-state index in [1.165, 1.54) is 0 Å². The van der Waals surface area contributed by atoms with Crippen molar-refractivity contribution in [3.8, 4) is 5.75 Å². The van der Waals surface area contributed by atoms with Crippen molar-refractivity contribution in [2.75, 3.05) is 20.2 Å². The highest BCUT2D eigenvalue weighted by molar-refractivity contribution is 14.1. The van der Waals surface area contributed by atoms with E-state index in [-0.39, 0.29) is 12.0 Å². The Morgan fingerprint density at radius 2 is 2.35 bits per heavy atom. The van der Waals surface area contributed by atoms with Gasteiger partial charge in [0.25, 0.3) is 5.91 Å². The highest BCUT2D eigenvalue weighted by Gasteiger charge is 2.26. The molecule has 0 saturated carbocycles. The van der Waals surface area contributed by atoms with E-state index < -0.39 is 0 Å². The van der Waals surface area contributed by atoms with Gasteiger partial charge in [-0.25, -0.2) is 0 Å². The SMILES string of the molecule is COc1ccc(C(=O)N2CC[C@H](O)C2)c(I)c1. The summed E-state index contributed by atoms with van der Waals surface area (Å²) in [5.41, 5.74) is 0.667. The lowest BCUT2D eigenvalue weighted by Gasteiger charge is -2.16. The molecule has 92 valence electrons. The minimum atomic E-state index is -0.380. The van der Waals surface area contributed by atoms with E-state index in [4.69, 9.17) is 4.74 Å². The zero-order valence-corrected chi connectivity index (χ0v) is 11.7. The van der Waals surface area contributed by atoms with Crippen LogP contribution in [0.1, 0.15) is 16.8 Å². The Kier molecular flexibility index (Phi) is 3.88. The maximum Gasteiger partial charge on any atom is 0.255 e. The minimum Gasteiger partial charge on any atom is -0.497 e. The average Bonchev–Trinajstić information content (AvgIpc) is 2.75. The summed E-state index contributed by atoms with van der Waals surface area (Å²) in [5.74, 6) is 0.723. The number of rotatable bonds is 2. The van der Waals surface area contributed by atoms with Crippen molar-refractivity contribution in [2.45, 2.75) is 12.5 Å². The van der Waals surface area contributed by atoms with E-state index in [1.807, 2.05) is 6.07 Å². The summed E-state index contributed by atoms with van der Waals surface area (Å²) in [5, 5.41) is 9.43. The number of β-amino-alcohol motifs (C(OH)–C–C–N with tert-alkyl or cyclic N) is 1. The first kappa shape index (κ1) is 12.6. The summed E-state index contributed by atoms with van der Waals surface area (Å²) in [4.78, 5) is 13.9. The Hall–Kier alpha value is -0.820. The molecule has 1 aliphatic rings. The van der Waals surface area contributed by atoms with Crippen LogP contribution in [0.3, 0.4) is 0 Å². The molecule has 5 heteroatoms. The molecule has 0 spiro atoms. The molecule has 1 fully saturated rings. The molecule has 1 atom stereocenters. The number of aliphatic hydroxyl groups excluding tert-OH is 1. The van der Waals surface area contributed by atoms with E-state index in [2.05, 4.69) is 22.6 Å². The number of hydrogen-bond donors (Lipinski definition) is 1. The number of nitrogens with zero attached hydrogens (tertiary/aromatic N) is 1. The Balaban J connectivity index is 2.19. The number of halogens is 1. The van der Waals surface area contributed by atoms with Gasteiger partial charge in [0.2, 0.25) is 0 Å². The van der Waals surface area contributed by atoms with Crippen LogP contribution in [-0.2, 0) is 0 Å². The molecule has 0 radical (unpaired) electrons. The maximum atomic E-state index is 12.2. The van der Waals surface area contributed by atoms with Crippen molar-refractivity contribution in [1.29, 1.82) is 0 Å². The van der Waals surface area contributed by atoms with Crippen molar-refractivity contribution in [2.24, 2.45) is 0 Å². The van der Waals surface area contributed by atoms with Crippen molar-refractivity contribution in [1.82, 2.24) is 4.90 Å². The maximum absolute atomic E-state index is 12.2. The lowest BCUT2D eigenvalue weighted by atomic mass is 10.2. The number of aliphatic hydroxyl groups is 1. The lowest BCUT2D eigenvalue weighted by Crippen LogP contribution is -2.30. The van der Waals surface area contributed by atoms with Crippen LogP contribution in [0.15, 0.2) is 18.2 Å². The van der Waals surface area contributed by atoms with E-state index in [0.717, 1.165) is 9.32 Å². The Labute approximate surface area is 114 Å². The van der Waals surface area contributed by atoms with E-state index in [0.29, 0.717) is 25.1 Å². The molecule has 17 heavy (non-hydrogen) atoms. The molecule has 1 N–H and O–H groups in total. The molecule has 1 aromatic rings. The molecular formula is C12H14INO3. The van der Waals surface area contributed by atoms with E-state index in [1.54, 1.807) is 24.1 Å². The number of benzene rings is 1. The molecular weight excluding hydrogens is 333 g/mol. The molecule has 0 bridgehead atoms. The first-order valence-corrected chi connectivity index (χ1v) is 6.50. The standard InChI is InChI=1S/C12H14INO3/c1-17-9-2-3-10(11(13)6-9)12(16)14-5-4-8(15)7-14/h2-3,6,8,15H,4-5,7H2,1H3/t8-/m0/s1. The van der Waals surface area contributed by atoms with Gasteiger partial charge in [0, 0.05) is 16.7 Å². The van der Waals surface area contributed by atoms with Gasteiger partial charge >= 0.3 is 0 Å². The fourth-order valence-corrected chi connectivity index (χ4v) is 2.61. The van der Waals surface area contributed by atoms with Gasteiger partial charge in [0.1, 0.15) is 5.75 Å². The smallest absolute Gasteiger partial charge is 0.255 e. The summed E-state index contributed by atoms with van der Waals surface area (Å²) in [6.07, 6.45) is 0.285. The van der Waals surface area contributed by atoms with Gasteiger partial charge in [-0.05, 0) is 47.2 Å². The second-order valence-corrected chi connectivity index (χ2v) is 5.20. The van der Waals surface area contributed by atoms with Gasteiger partial charge in [-0.3, -0.25) is 4.79 Å². The van der Waals surface area contributed by atoms with Crippen molar-refractivity contribution in [3.63, 3.8) is 0 Å². The summed E-state index contributed by atoms with van der Waals surface area (Å²) in [6, 6.07) is 5.38. The van der Waals surface area contributed by atoms with Gasteiger partial charge < -0.3 is 14.7 Å². The van der Waals surface area contributed by atoms with Crippen LogP contribution in [0.2, 0.25) is 0 Å². The Bertz CT molecular complexity index is 436. The number of ether oxygens (including phenoxy) is 1. The van der Waals surface area contributed by atoms with Gasteiger partial charge in [-0.15, -0.1) is 0 Å². The third kappa shape index (κ3) is 2.71. The van der Waals surface area contributed by atoms with Crippen LogP contribution in [0.25, 0.3) is 0 Å². The molecule has 1 aromatic carbocycles. The molecule has 1 heterocycles. The second kappa shape index (κ2) is 5.22. The molecule has 1 aliphatic heterocycles. The molecule has 2 rings (SSSR count). The number of carbonyl (C=O) groups excluding carboxylic acids is 1. The topological polar surface area (TPSA) is 49.8 Å². The highest BCUT2D eigenvalue weighted by atomic mass is 127. The quantitative estimate of drug-likeness (QED) is 0.826. The van der Waals surface area contributed by atoms with Crippen LogP contribution in [0.5, 0.6) is 5.75 Å². The van der Waals surface area contributed by atoms with E-state index in [9.17, 15) is 9.90 Å². The fourth-order valence-electron chi connectivity index (χ4n) is 1.89. The summed E-state index contributed by atoms with van der Waals surface area (Å²) in [6.45, 7) is 1.06. The van der Waals surface area contributed by atoms with Crippen LogP contribution < -0.4 is 4.74 Å². The monoisotopic (exact) mass is 347 g/mol. The zero-order chi connectivity index (χ0) is 12.4. The van der Waals surface area contributed by atoms with Crippen LogP contribution in [0.4, 0.5) is 0 Å². The van der Waals surface area contributed by atoms with Crippen molar-refractivity contribution >= 4 is 28.5 Å². The predicted octanol–water partition coefficient (Wildman–Crippen LogP) is 1.51. The molecule has 0 aliphatic carbocycles. The summed E-state index contributed by atoms with van der Waals surface area (Å²) >= 11 is 2.13. The number of hydrogen-bond acceptors (Lipinski definition) is 3. The molecule has 4 nitrogen and oxygen atoms in total. The highest BCUT2D eigenvalue weighted by Crippen LogP contribution is 2.22. The largest absolute Gasteiger partial charge is 0.497 e. The van der Waals surface area contributed by atoms with Crippen LogP contribution in [0, 0.1) is 3.57 Å². The third-order valence-corrected chi connectivity index (χ3v) is 3.75. The predicted molar refractivity (Wildman–Crippen MR) is 72.2 cm³/mol. The van der Waals surface area contributed by atoms with Crippen LogP contribution in [-0.4, -0.2) is 42.2 Å². The van der Waals surface area contributed by atoms with Crippen molar-refractivity contribution in [3.05, 3.63) is 27.3 Å². The number of likely N-dealkylation sites (tertiary alicyclic amines) is 1. The number of carbonyl (C=O) groups is 1. The minimum absolute atomic E-state index is 0.0198. The van der Waals surface area contributed by atoms with E-state index >= 15 is 0 Å². The molecule has 0 aromatic heterocycles. The lowest BCUT2D eigenvalue weighted by molar-refractivity contribution is 0.0764. The summed E-state index contributed by atoms with van der Waals surface area (Å²) < 4.78 is 5.97. The van der Waals surface area contributed by atoms with Crippen molar-refractivity contribution < 1.29 is 14.6 Å². The van der Waals surface area contributed by atoms with Crippen LogP contribution >= 0.6 is 22.6 Å². The first-order valence-electron chi connectivity index (χ1n) is 5.42. The second-order valence-electron chi connectivity index (χ2n) is 4.04. The number of methoxy groups -OCH3 is 1. The van der Waals surface area contributed by atoms with Gasteiger partial charge in [-0.1, -0.05) is 0 Å².